The number of fused-ring (bicyclic) bond motifs is 1. The van der Waals surface area contributed by atoms with Crippen LogP contribution in [-0.2, 0) is 16.4 Å². The Bertz CT molecular complexity index is 1230. The number of halogens is 3. The zero-order valence-corrected chi connectivity index (χ0v) is 18.4. The van der Waals surface area contributed by atoms with Crippen LogP contribution in [0.2, 0.25) is 0 Å². The highest BCUT2D eigenvalue weighted by Crippen LogP contribution is 2.27. The molecule has 0 atom stereocenters. The fourth-order valence-electron chi connectivity index (χ4n) is 3.96. The molecule has 33 heavy (non-hydrogen) atoms. The van der Waals surface area contributed by atoms with Crippen molar-refractivity contribution in [3.8, 4) is 0 Å². The van der Waals surface area contributed by atoms with Gasteiger partial charge in [0.15, 0.2) is 9.84 Å². The average Bonchev–Trinajstić information content (AvgIpc) is 3.25. The van der Waals surface area contributed by atoms with E-state index in [0.717, 1.165) is 11.2 Å². The van der Waals surface area contributed by atoms with E-state index < -0.39 is 27.8 Å². The van der Waals surface area contributed by atoms with Crippen molar-refractivity contribution in [3.63, 3.8) is 0 Å². The fourth-order valence-corrected chi connectivity index (χ4v) is 5.69. The predicted octanol–water partition coefficient (Wildman–Crippen LogP) is 3.06. The molecule has 0 aliphatic carbocycles. The Morgan fingerprint density at radius 3 is 2.45 bits per heavy atom. The average molecular weight is 481 g/mol. The summed E-state index contributed by atoms with van der Waals surface area (Å²) in [7, 11) is -3.64. The number of pyridine rings is 1. The summed E-state index contributed by atoms with van der Waals surface area (Å²) in [6.45, 7) is -0.607. The highest BCUT2D eigenvalue weighted by Gasteiger charge is 2.36. The van der Waals surface area contributed by atoms with Gasteiger partial charge >= 0.3 is 6.18 Å². The first-order chi connectivity index (χ1) is 15.6. The minimum absolute atomic E-state index is 0.0956. The molecular weight excluding hydrogens is 457 g/mol. The number of sulfone groups is 1. The lowest BCUT2D eigenvalue weighted by molar-refractivity contribution is -0.147. The number of piperidine rings is 1. The van der Waals surface area contributed by atoms with Gasteiger partial charge in [-0.05, 0) is 55.8 Å². The van der Waals surface area contributed by atoms with Gasteiger partial charge in [0, 0.05) is 25.1 Å². The van der Waals surface area contributed by atoms with E-state index in [1.54, 1.807) is 47.3 Å². The number of nitrogens with zero attached hydrogens (tertiary/aromatic N) is 3. The molecule has 3 aromatic rings. The number of aromatic nitrogens is 2. The lowest BCUT2D eigenvalue weighted by atomic mass is 10.1. The van der Waals surface area contributed by atoms with Crippen LogP contribution in [0.3, 0.4) is 0 Å². The number of hydrogen-bond acceptors (Lipinski definition) is 5. The summed E-state index contributed by atoms with van der Waals surface area (Å²) in [4.78, 5) is 17.9. The van der Waals surface area contributed by atoms with Crippen molar-refractivity contribution in [3.05, 3.63) is 66.1 Å². The summed E-state index contributed by atoms with van der Waals surface area (Å²) < 4.78 is 65.2. The quantitative estimate of drug-likeness (QED) is 0.586. The molecule has 1 saturated heterocycles. The Kier molecular flexibility index (Phi) is 6.44. The van der Waals surface area contributed by atoms with Crippen LogP contribution in [0.25, 0.3) is 5.65 Å². The molecule has 2 aromatic heterocycles. The topological polar surface area (TPSA) is 83.8 Å². The van der Waals surface area contributed by atoms with E-state index in [0.29, 0.717) is 5.56 Å². The van der Waals surface area contributed by atoms with Gasteiger partial charge in [-0.15, -0.1) is 0 Å². The molecule has 1 amide bonds. The van der Waals surface area contributed by atoms with Crippen LogP contribution in [-0.4, -0.2) is 59.7 Å². The van der Waals surface area contributed by atoms with Crippen molar-refractivity contribution in [2.75, 3.05) is 19.6 Å². The smallest absolute Gasteiger partial charge is 0.348 e. The van der Waals surface area contributed by atoms with Crippen molar-refractivity contribution in [1.29, 1.82) is 0 Å². The van der Waals surface area contributed by atoms with Crippen LogP contribution in [0.4, 0.5) is 13.2 Å². The monoisotopic (exact) mass is 480 g/mol. The summed E-state index contributed by atoms with van der Waals surface area (Å²) in [6.07, 6.45) is 1.09. The number of rotatable bonds is 6. The second-order valence-corrected chi connectivity index (χ2v) is 10.3. The summed E-state index contributed by atoms with van der Waals surface area (Å²) in [5, 5.41) is 2.09. The summed E-state index contributed by atoms with van der Waals surface area (Å²) >= 11 is 0. The van der Waals surface area contributed by atoms with Gasteiger partial charge in [0.25, 0.3) is 5.91 Å². The van der Waals surface area contributed by atoms with E-state index in [-0.39, 0.29) is 43.3 Å². The lowest BCUT2D eigenvalue weighted by Crippen LogP contribution is -2.43. The standard InChI is InChI=1S/C22H23F3N4O3S/c23-22(24,25)15-28-10-7-19(8-11-28)33(31,32)18-4-1-16(2-5-18)13-27-21(30)17-3-6-20-26-9-12-29(20)14-17/h1-6,9,12,14,19H,7-8,10-11,13,15H2,(H,27,30). The maximum atomic E-state index is 12.9. The summed E-state index contributed by atoms with van der Waals surface area (Å²) in [5.74, 6) is -0.270. The van der Waals surface area contributed by atoms with Crippen molar-refractivity contribution in [2.45, 2.75) is 35.7 Å². The van der Waals surface area contributed by atoms with E-state index in [1.807, 2.05) is 0 Å². The molecule has 1 aromatic carbocycles. The minimum Gasteiger partial charge on any atom is -0.348 e. The van der Waals surface area contributed by atoms with Crippen LogP contribution in [0, 0.1) is 0 Å². The van der Waals surface area contributed by atoms with Crippen LogP contribution >= 0.6 is 0 Å². The molecule has 0 unspecified atom stereocenters. The first-order valence-electron chi connectivity index (χ1n) is 10.4. The molecule has 1 aliphatic heterocycles. The molecule has 0 saturated carbocycles. The third-order valence-corrected chi connectivity index (χ3v) is 8.01. The zero-order chi connectivity index (χ0) is 23.6. The van der Waals surface area contributed by atoms with E-state index in [2.05, 4.69) is 10.3 Å². The second-order valence-electron chi connectivity index (χ2n) is 8.07. The Morgan fingerprint density at radius 2 is 1.79 bits per heavy atom. The minimum atomic E-state index is -4.29. The van der Waals surface area contributed by atoms with Gasteiger partial charge in [0.05, 0.1) is 22.3 Å². The lowest BCUT2D eigenvalue weighted by Gasteiger charge is -2.32. The van der Waals surface area contributed by atoms with Crippen LogP contribution in [0.1, 0.15) is 28.8 Å². The Balaban J connectivity index is 1.34. The molecule has 4 rings (SSSR count). The van der Waals surface area contributed by atoms with E-state index in [9.17, 15) is 26.4 Å². The normalized spacial score (nSPS) is 16.2. The molecule has 1 aliphatic rings. The van der Waals surface area contributed by atoms with E-state index >= 15 is 0 Å². The highest BCUT2D eigenvalue weighted by molar-refractivity contribution is 7.92. The second kappa shape index (κ2) is 9.14. The van der Waals surface area contributed by atoms with Gasteiger partial charge in [0.1, 0.15) is 5.65 Å². The number of nitrogens with one attached hydrogen (secondary N) is 1. The van der Waals surface area contributed by atoms with Crippen LogP contribution in [0.15, 0.2) is 59.9 Å². The molecule has 3 heterocycles. The number of carbonyl (C=O) groups is 1. The number of likely N-dealkylation sites (tertiary alicyclic amines) is 1. The van der Waals surface area contributed by atoms with Crippen molar-refractivity contribution < 1.29 is 26.4 Å². The van der Waals surface area contributed by atoms with Crippen LogP contribution in [0.5, 0.6) is 0 Å². The summed E-state index contributed by atoms with van der Waals surface area (Å²) in [6, 6.07) is 9.64. The first-order valence-corrected chi connectivity index (χ1v) is 12.0. The molecule has 7 nitrogen and oxygen atoms in total. The van der Waals surface area contributed by atoms with Gasteiger partial charge in [-0.2, -0.15) is 13.2 Å². The number of carbonyl (C=O) groups excluding carboxylic acids is 1. The zero-order valence-electron chi connectivity index (χ0n) is 17.6. The third-order valence-electron chi connectivity index (χ3n) is 5.73. The number of amides is 1. The molecule has 1 fully saturated rings. The molecule has 0 bridgehead atoms. The van der Waals surface area contributed by atoms with Gasteiger partial charge in [-0.3, -0.25) is 9.69 Å². The molecular formula is C22H23F3N4O3S. The molecule has 1 N–H and O–H groups in total. The maximum Gasteiger partial charge on any atom is 0.401 e. The largest absolute Gasteiger partial charge is 0.401 e. The Morgan fingerprint density at radius 1 is 1.09 bits per heavy atom. The summed E-state index contributed by atoms with van der Waals surface area (Å²) in [5.41, 5.74) is 1.93. The van der Waals surface area contributed by atoms with Gasteiger partial charge in [-0.1, -0.05) is 12.1 Å². The van der Waals surface area contributed by atoms with Crippen molar-refractivity contribution in [1.82, 2.24) is 19.6 Å². The SMILES string of the molecule is O=C(NCc1ccc(S(=O)(=O)C2CCN(CC(F)(F)F)CC2)cc1)c1ccc2nccn2c1. The van der Waals surface area contributed by atoms with Crippen molar-refractivity contribution in [2.24, 2.45) is 0 Å². The van der Waals surface area contributed by atoms with Crippen LogP contribution < -0.4 is 5.32 Å². The molecule has 176 valence electrons. The highest BCUT2D eigenvalue weighted by atomic mass is 32.2. The number of benzene rings is 1. The maximum absolute atomic E-state index is 12.9. The molecule has 0 radical (unpaired) electrons. The molecule has 0 spiro atoms. The van der Waals surface area contributed by atoms with Gasteiger partial charge in [0.2, 0.25) is 0 Å². The van der Waals surface area contributed by atoms with Crippen molar-refractivity contribution >= 4 is 21.4 Å². The van der Waals surface area contributed by atoms with E-state index in [1.165, 1.54) is 17.0 Å². The first kappa shape index (κ1) is 23.2. The van der Waals surface area contributed by atoms with Gasteiger partial charge < -0.3 is 9.72 Å². The Labute approximate surface area is 189 Å². The Hall–Kier alpha value is -2.92. The number of alkyl halides is 3. The van der Waals surface area contributed by atoms with E-state index in [4.69, 9.17) is 0 Å². The molecule has 11 heteroatoms. The fraction of sp³-hybridized carbons (Fsp3) is 0.364. The predicted molar refractivity (Wildman–Crippen MR) is 116 cm³/mol. The van der Waals surface area contributed by atoms with Gasteiger partial charge in [-0.25, -0.2) is 13.4 Å². The third kappa shape index (κ3) is 5.53. The number of imidazole rings is 1. The number of hydrogen-bond donors (Lipinski definition) is 1.